The number of benzene rings is 1. The fourth-order valence-electron chi connectivity index (χ4n) is 2.52. The lowest BCUT2D eigenvalue weighted by molar-refractivity contribution is 0.389. The Bertz CT molecular complexity index is 404. The van der Waals surface area contributed by atoms with Crippen molar-refractivity contribution in [3.63, 3.8) is 0 Å². The van der Waals surface area contributed by atoms with Gasteiger partial charge in [0.1, 0.15) is 5.75 Å². The van der Waals surface area contributed by atoms with E-state index in [9.17, 15) is 0 Å². The lowest BCUT2D eigenvalue weighted by Gasteiger charge is -2.26. The molecule has 1 aromatic rings. The Morgan fingerprint density at radius 2 is 1.84 bits per heavy atom. The van der Waals surface area contributed by atoms with E-state index in [1.54, 1.807) is 7.11 Å². The van der Waals surface area contributed by atoms with Crippen LogP contribution in [0.1, 0.15) is 58.1 Å². The molecule has 19 heavy (non-hydrogen) atoms. The molecule has 0 aliphatic carbocycles. The molecular weight excluding hydrogens is 234 g/mol. The van der Waals surface area contributed by atoms with Crippen LogP contribution in [0.5, 0.6) is 5.75 Å². The van der Waals surface area contributed by atoms with E-state index in [1.807, 2.05) is 0 Å². The van der Waals surface area contributed by atoms with Gasteiger partial charge in [0.15, 0.2) is 0 Å². The van der Waals surface area contributed by atoms with Crippen LogP contribution in [-0.4, -0.2) is 13.7 Å². The maximum atomic E-state index is 5.78. The summed E-state index contributed by atoms with van der Waals surface area (Å²) < 4.78 is 5.55. The van der Waals surface area contributed by atoms with Crippen LogP contribution in [0.25, 0.3) is 0 Å². The average molecular weight is 263 g/mol. The summed E-state index contributed by atoms with van der Waals surface area (Å²) in [4.78, 5) is 0. The predicted octanol–water partition coefficient (Wildman–Crippen LogP) is 4.08. The van der Waals surface area contributed by atoms with Crippen molar-refractivity contribution in [3.8, 4) is 5.75 Å². The van der Waals surface area contributed by atoms with Gasteiger partial charge in [0.05, 0.1) is 7.11 Å². The number of nitrogens with two attached hydrogens (primary N) is 1. The van der Waals surface area contributed by atoms with E-state index in [0.29, 0.717) is 18.4 Å². The molecule has 0 amide bonds. The molecule has 0 spiro atoms. The predicted molar refractivity (Wildman–Crippen MR) is 82.9 cm³/mol. The molecule has 0 heterocycles. The Labute approximate surface area is 118 Å². The molecule has 1 unspecified atom stereocenters. The van der Waals surface area contributed by atoms with Crippen LogP contribution in [0.15, 0.2) is 18.2 Å². The smallest absolute Gasteiger partial charge is 0.122 e. The third-order valence-electron chi connectivity index (χ3n) is 3.78. The number of rotatable bonds is 5. The van der Waals surface area contributed by atoms with Gasteiger partial charge in [-0.1, -0.05) is 46.8 Å². The van der Waals surface area contributed by atoms with E-state index in [4.69, 9.17) is 10.5 Å². The first kappa shape index (κ1) is 16.0. The van der Waals surface area contributed by atoms with Gasteiger partial charge in [0, 0.05) is 0 Å². The van der Waals surface area contributed by atoms with Crippen molar-refractivity contribution in [1.82, 2.24) is 0 Å². The third-order valence-corrected chi connectivity index (χ3v) is 3.78. The van der Waals surface area contributed by atoms with Gasteiger partial charge in [0.25, 0.3) is 0 Å². The maximum absolute atomic E-state index is 5.78. The third kappa shape index (κ3) is 3.97. The van der Waals surface area contributed by atoms with E-state index < -0.39 is 0 Å². The zero-order chi connectivity index (χ0) is 14.6. The van der Waals surface area contributed by atoms with E-state index in [2.05, 4.69) is 52.8 Å². The molecule has 1 aromatic carbocycles. The van der Waals surface area contributed by atoms with Crippen LogP contribution in [-0.2, 0) is 5.41 Å². The largest absolute Gasteiger partial charge is 0.496 e. The van der Waals surface area contributed by atoms with Crippen molar-refractivity contribution < 1.29 is 4.74 Å². The van der Waals surface area contributed by atoms with Crippen molar-refractivity contribution in [3.05, 3.63) is 29.3 Å². The Morgan fingerprint density at radius 3 is 2.26 bits per heavy atom. The molecule has 2 heteroatoms. The monoisotopic (exact) mass is 263 g/mol. The second-order valence-corrected chi connectivity index (χ2v) is 6.63. The van der Waals surface area contributed by atoms with Crippen LogP contribution >= 0.6 is 0 Å². The van der Waals surface area contributed by atoms with Crippen LogP contribution in [0, 0.1) is 5.92 Å². The first-order valence-electron chi connectivity index (χ1n) is 7.19. The summed E-state index contributed by atoms with van der Waals surface area (Å²) in [6.07, 6.45) is 1.00. The van der Waals surface area contributed by atoms with Crippen molar-refractivity contribution in [2.24, 2.45) is 11.7 Å². The second-order valence-electron chi connectivity index (χ2n) is 6.63. The Kier molecular flexibility index (Phi) is 5.42. The quantitative estimate of drug-likeness (QED) is 0.868. The minimum Gasteiger partial charge on any atom is -0.496 e. The first-order valence-corrected chi connectivity index (χ1v) is 7.19. The van der Waals surface area contributed by atoms with Gasteiger partial charge in [-0.3, -0.25) is 0 Å². The fourth-order valence-corrected chi connectivity index (χ4v) is 2.52. The summed E-state index contributed by atoms with van der Waals surface area (Å²) in [5.74, 6) is 2.01. The van der Waals surface area contributed by atoms with Crippen LogP contribution in [0.4, 0.5) is 0 Å². The highest BCUT2D eigenvalue weighted by Crippen LogP contribution is 2.37. The molecule has 1 atom stereocenters. The van der Waals surface area contributed by atoms with Gasteiger partial charge < -0.3 is 10.5 Å². The SMILES string of the molecule is COc1ccc(C(C)(C)C)cc1C(CCN)C(C)C. The molecule has 0 saturated carbocycles. The zero-order valence-corrected chi connectivity index (χ0v) is 13.3. The minimum atomic E-state index is 0.158. The number of hydrogen-bond donors (Lipinski definition) is 1. The van der Waals surface area contributed by atoms with E-state index in [1.165, 1.54) is 11.1 Å². The Balaban J connectivity index is 3.28. The summed E-state index contributed by atoms with van der Waals surface area (Å²) in [5.41, 5.74) is 8.59. The fraction of sp³-hybridized carbons (Fsp3) is 0.647. The molecule has 0 bridgehead atoms. The lowest BCUT2D eigenvalue weighted by Crippen LogP contribution is -2.16. The van der Waals surface area contributed by atoms with Crippen molar-refractivity contribution in [2.45, 2.75) is 52.4 Å². The van der Waals surface area contributed by atoms with Crippen molar-refractivity contribution in [2.75, 3.05) is 13.7 Å². The van der Waals surface area contributed by atoms with Crippen molar-refractivity contribution in [1.29, 1.82) is 0 Å². The molecule has 0 aliphatic rings. The first-order chi connectivity index (χ1) is 8.81. The van der Waals surface area contributed by atoms with Gasteiger partial charge in [-0.05, 0) is 47.4 Å². The van der Waals surface area contributed by atoms with Crippen LogP contribution < -0.4 is 10.5 Å². The van der Waals surface area contributed by atoms with E-state index >= 15 is 0 Å². The summed E-state index contributed by atoms with van der Waals surface area (Å²) in [6.45, 7) is 11.9. The topological polar surface area (TPSA) is 35.2 Å². The van der Waals surface area contributed by atoms with Crippen LogP contribution in [0.3, 0.4) is 0 Å². The molecule has 0 aliphatic heterocycles. The standard InChI is InChI=1S/C17H29NO/c1-12(2)14(9-10-18)15-11-13(17(3,4)5)7-8-16(15)19-6/h7-8,11-12,14H,9-10,18H2,1-6H3. The minimum absolute atomic E-state index is 0.158. The van der Waals surface area contributed by atoms with Gasteiger partial charge in [-0.15, -0.1) is 0 Å². The molecule has 108 valence electrons. The zero-order valence-electron chi connectivity index (χ0n) is 13.3. The maximum Gasteiger partial charge on any atom is 0.122 e. The lowest BCUT2D eigenvalue weighted by atomic mass is 9.80. The molecular formula is C17H29NO. The van der Waals surface area contributed by atoms with Gasteiger partial charge in [-0.25, -0.2) is 0 Å². The van der Waals surface area contributed by atoms with Gasteiger partial charge in [-0.2, -0.15) is 0 Å². The highest BCUT2D eigenvalue weighted by molar-refractivity contribution is 5.42. The Morgan fingerprint density at radius 1 is 1.21 bits per heavy atom. The molecule has 0 radical (unpaired) electrons. The molecule has 0 aromatic heterocycles. The molecule has 1 rings (SSSR count). The van der Waals surface area contributed by atoms with E-state index in [-0.39, 0.29) is 5.41 Å². The van der Waals surface area contributed by atoms with Crippen molar-refractivity contribution >= 4 is 0 Å². The van der Waals surface area contributed by atoms with Gasteiger partial charge >= 0.3 is 0 Å². The number of hydrogen-bond acceptors (Lipinski definition) is 2. The molecule has 2 nitrogen and oxygen atoms in total. The summed E-state index contributed by atoms with van der Waals surface area (Å²) in [7, 11) is 1.75. The second kappa shape index (κ2) is 6.42. The summed E-state index contributed by atoms with van der Waals surface area (Å²) in [6, 6.07) is 6.57. The molecule has 2 N–H and O–H groups in total. The normalized spacial score (nSPS) is 13.7. The summed E-state index contributed by atoms with van der Waals surface area (Å²) in [5, 5.41) is 0. The highest BCUT2D eigenvalue weighted by atomic mass is 16.5. The summed E-state index contributed by atoms with van der Waals surface area (Å²) >= 11 is 0. The number of ether oxygens (including phenoxy) is 1. The van der Waals surface area contributed by atoms with Gasteiger partial charge in [0.2, 0.25) is 0 Å². The number of methoxy groups -OCH3 is 1. The highest BCUT2D eigenvalue weighted by Gasteiger charge is 2.22. The molecule has 0 fully saturated rings. The van der Waals surface area contributed by atoms with E-state index in [0.717, 1.165) is 12.2 Å². The Hall–Kier alpha value is -1.02. The average Bonchev–Trinajstić information content (AvgIpc) is 2.33. The van der Waals surface area contributed by atoms with Crippen LogP contribution in [0.2, 0.25) is 0 Å². The molecule has 0 saturated heterocycles.